The van der Waals surface area contributed by atoms with Gasteiger partial charge < -0.3 is 14.6 Å². The van der Waals surface area contributed by atoms with E-state index in [1.54, 1.807) is 0 Å². The molecule has 0 saturated carbocycles. The molecule has 172 valence electrons. The Hall–Kier alpha value is -3.06. The number of benzene rings is 1. The molecule has 2 aliphatic rings. The Morgan fingerprint density at radius 2 is 2.09 bits per heavy atom. The summed E-state index contributed by atoms with van der Waals surface area (Å²) in [5.41, 5.74) is 4.80. The summed E-state index contributed by atoms with van der Waals surface area (Å²) in [6, 6.07) is 7.77. The van der Waals surface area contributed by atoms with Crippen LogP contribution in [-0.2, 0) is 24.2 Å². The number of carbonyl (C=O) groups excluding carboxylic acids is 2. The maximum atomic E-state index is 12.8. The zero-order chi connectivity index (χ0) is 22.9. The molecule has 5 rings (SSSR count). The smallest absolute Gasteiger partial charge is 0.287 e. The van der Waals surface area contributed by atoms with Crippen molar-refractivity contribution in [2.45, 2.75) is 45.6 Å². The second-order valence-electron chi connectivity index (χ2n) is 8.74. The topological polar surface area (TPSA) is 80.4 Å². The van der Waals surface area contributed by atoms with Crippen LogP contribution < -0.4 is 5.32 Å². The third kappa shape index (κ3) is 4.29. The molecule has 1 aliphatic heterocycles. The number of hydrogen-bond acceptors (Lipinski definition) is 4. The van der Waals surface area contributed by atoms with Crippen LogP contribution in [0.1, 0.15) is 52.3 Å². The summed E-state index contributed by atoms with van der Waals surface area (Å²) in [4.78, 5) is 26.4. The van der Waals surface area contributed by atoms with E-state index >= 15 is 0 Å². The average molecular weight is 467 g/mol. The molecule has 0 atom stereocenters. The van der Waals surface area contributed by atoms with E-state index in [0.717, 1.165) is 71.0 Å². The van der Waals surface area contributed by atoms with Gasteiger partial charge >= 0.3 is 0 Å². The van der Waals surface area contributed by atoms with Gasteiger partial charge in [0.25, 0.3) is 5.91 Å². The van der Waals surface area contributed by atoms with Crippen LogP contribution in [0.15, 0.2) is 34.9 Å². The van der Waals surface area contributed by atoms with Gasteiger partial charge in [0.15, 0.2) is 5.76 Å². The van der Waals surface area contributed by atoms with Gasteiger partial charge in [0, 0.05) is 54.8 Å². The first-order valence-electron chi connectivity index (χ1n) is 11.5. The van der Waals surface area contributed by atoms with Gasteiger partial charge in [-0.15, -0.1) is 0 Å². The first-order chi connectivity index (χ1) is 16.0. The number of likely N-dealkylation sites (tertiary alicyclic amines) is 1. The molecule has 33 heavy (non-hydrogen) atoms. The van der Waals surface area contributed by atoms with Gasteiger partial charge in [-0.3, -0.25) is 14.3 Å². The number of halogens is 1. The van der Waals surface area contributed by atoms with E-state index in [-0.39, 0.29) is 11.8 Å². The Balaban J connectivity index is 1.28. The van der Waals surface area contributed by atoms with Crippen molar-refractivity contribution in [3.63, 3.8) is 0 Å². The van der Waals surface area contributed by atoms with Crippen LogP contribution in [0.25, 0.3) is 11.3 Å². The van der Waals surface area contributed by atoms with Gasteiger partial charge in [0.05, 0.1) is 12.2 Å². The highest BCUT2D eigenvalue weighted by Crippen LogP contribution is 2.38. The molecule has 2 aromatic heterocycles. The molecule has 3 heterocycles. The lowest BCUT2D eigenvalue weighted by molar-refractivity contribution is -0.127. The summed E-state index contributed by atoms with van der Waals surface area (Å²) < 4.78 is 7.91. The van der Waals surface area contributed by atoms with E-state index in [4.69, 9.17) is 21.1 Å². The second kappa shape index (κ2) is 9.06. The van der Waals surface area contributed by atoms with Crippen LogP contribution in [0, 0.1) is 6.92 Å². The lowest BCUT2D eigenvalue weighted by Crippen LogP contribution is -2.30. The quantitative estimate of drug-likeness (QED) is 0.534. The zero-order valence-electron chi connectivity index (χ0n) is 18.7. The molecule has 1 aliphatic carbocycles. The van der Waals surface area contributed by atoms with Crippen LogP contribution in [0.4, 0.5) is 0 Å². The predicted molar refractivity (Wildman–Crippen MR) is 125 cm³/mol. The van der Waals surface area contributed by atoms with Crippen LogP contribution >= 0.6 is 11.6 Å². The van der Waals surface area contributed by atoms with E-state index in [9.17, 15) is 9.59 Å². The Bertz CT molecular complexity index is 1210. The van der Waals surface area contributed by atoms with Crippen LogP contribution in [0.5, 0.6) is 0 Å². The molecule has 3 aromatic rings. The average Bonchev–Trinajstić information content (AvgIpc) is 3.49. The summed E-state index contributed by atoms with van der Waals surface area (Å²) in [5, 5.41) is 8.48. The van der Waals surface area contributed by atoms with Gasteiger partial charge in [0.1, 0.15) is 5.76 Å². The van der Waals surface area contributed by atoms with Crippen molar-refractivity contribution in [2.75, 3.05) is 19.6 Å². The first-order valence-corrected chi connectivity index (χ1v) is 11.9. The number of nitrogens with zero attached hydrogens (tertiary/aromatic N) is 3. The summed E-state index contributed by atoms with van der Waals surface area (Å²) >= 11 is 6.32. The molecule has 1 saturated heterocycles. The van der Waals surface area contributed by atoms with E-state index in [1.807, 2.05) is 40.8 Å². The maximum Gasteiger partial charge on any atom is 0.287 e. The fourth-order valence-corrected chi connectivity index (χ4v) is 4.95. The fourth-order valence-electron chi connectivity index (χ4n) is 4.75. The van der Waals surface area contributed by atoms with Gasteiger partial charge in [-0.1, -0.05) is 29.8 Å². The van der Waals surface area contributed by atoms with Gasteiger partial charge in [0.2, 0.25) is 5.91 Å². The number of fused-ring (bicyclic) bond motifs is 3. The second-order valence-corrected chi connectivity index (χ2v) is 9.15. The summed E-state index contributed by atoms with van der Waals surface area (Å²) in [7, 11) is 0. The molecule has 7 nitrogen and oxygen atoms in total. The van der Waals surface area contributed by atoms with E-state index < -0.39 is 0 Å². The van der Waals surface area contributed by atoms with Gasteiger partial charge in [-0.25, -0.2) is 0 Å². The molecule has 0 bridgehead atoms. The van der Waals surface area contributed by atoms with E-state index in [1.165, 1.54) is 0 Å². The van der Waals surface area contributed by atoms with Crippen molar-refractivity contribution in [3.05, 3.63) is 63.7 Å². The highest BCUT2D eigenvalue weighted by molar-refractivity contribution is 6.31. The van der Waals surface area contributed by atoms with Crippen LogP contribution in [0.3, 0.4) is 0 Å². The Morgan fingerprint density at radius 1 is 1.24 bits per heavy atom. The van der Waals surface area contributed by atoms with E-state index in [0.29, 0.717) is 31.8 Å². The molecular weight excluding hydrogens is 440 g/mol. The van der Waals surface area contributed by atoms with Crippen molar-refractivity contribution in [1.82, 2.24) is 20.0 Å². The highest BCUT2D eigenvalue weighted by Gasteiger charge is 2.29. The SMILES string of the molecule is Cc1c(C(=O)NCCCN2CCCC2=O)oc2c1-c1nn(Cc3ccccc3Cl)cc1CC2. The van der Waals surface area contributed by atoms with Crippen molar-refractivity contribution in [2.24, 2.45) is 0 Å². The minimum atomic E-state index is -0.216. The number of aromatic nitrogens is 2. The summed E-state index contributed by atoms with van der Waals surface area (Å²) in [6.07, 6.45) is 5.92. The standard InChI is InChI=1S/C25H27ClN4O3/c1-16-22-20(33-24(16)25(32)27-11-5-13-29-12-4-8-21(29)31)10-9-18-15-30(28-23(18)22)14-17-6-2-3-7-19(17)26/h2-3,6-7,15H,4-5,8-14H2,1H3,(H,27,32). The molecule has 0 unspecified atom stereocenters. The number of carbonyl (C=O) groups is 2. The van der Waals surface area contributed by atoms with E-state index in [2.05, 4.69) is 11.5 Å². The lowest BCUT2D eigenvalue weighted by atomic mass is 9.93. The number of nitrogens with one attached hydrogen (secondary N) is 1. The Labute approximate surface area is 197 Å². The molecule has 1 fully saturated rings. The lowest BCUT2D eigenvalue weighted by Gasteiger charge is -2.15. The van der Waals surface area contributed by atoms with Crippen LogP contribution in [-0.4, -0.2) is 46.1 Å². The molecule has 1 N–H and O–H groups in total. The summed E-state index contributed by atoms with van der Waals surface area (Å²) in [5.74, 6) is 1.16. The number of furan rings is 1. The Kier molecular flexibility index (Phi) is 5.98. The third-order valence-electron chi connectivity index (χ3n) is 6.47. The van der Waals surface area contributed by atoms with Crippen molar-refractivity contribution >= 4 is 23.4 Å². The minimum absolute atomic E-state index is 0.209. The number of rotatable bonds is 7. The molecule has 0 radical (unpaired) electrons. The first kappa shape index (κ1) is 21.8. The van der Waals surface area contributed by atoms with Gasteiger partial charge in [-0.05, 0) is 43.4 Å². The van der Waals surface area contributed by atoms with Crippen molar-refractivity contribution in [1.29, 1.82) is 0 Å². The number of amides is 2. The minimum Gasteiger partial charge on any atom is -0.455 e. The fraction of sp³-hybridized carbons (Fsp3) is 0.400. The van der Waals surface area contributed by atoms with Crippen molar-refractivity contribution in [3.8, 4) is 11.3 Å². The molecule has 2 amide bonds. The monoisotopic (exact) mass is 466 g/mol. The third-order valence-corrected chi connectivity index (χ3v) is 6.84. The zero-order valence-corrected chi connectivity index (χ0v) is 19.5. The number of aryl methyl sites for hydroxylation is 2. The maximum absolute atomic E-state index is 12.8. The summed E-state index contributed by atoms with van der Waals surface area (Å²) in [6.45, 7) is 4.51. The molecule has 8 heteroatoms. The predicted octanol–water partition coefficient (Wildman–Crippen LogP) is 3.99. The van der Waals surface area contributed by atoms with Gasteiger partial charge in [-0.2, -0.15) is 5.10 Å². The Morgan fingerprint density at radius 3 is 2.88 bits per heavy atom. The molecular formula is C25H27ClN4O3. The van der Waals surface area contributed by atoms with Crippen molar-refractivity contribution < 1.29 is 14.0 Å². The molecule has 0 spiro atoms. The largest absolute Gasteiger partial charge is 0.455 e. The highest BCUT2D eigenvalue weighted by atomic mass is 35.5. The van der Waals surface area contributed by atoms with Crippen LogP contribution in [0.2, 0.25) is 5.02 Å². The normalized spacial score (nSPS) is 15.0. The number of hydrogen-bond donors (Lipinski definition) is 1. The molecule has 1 aromatic carbocycles.